The number of aromatic nitrogens is 1. The monoisotopic (exact) mass is 415 g/mol. The summed E-state index contributed by atoms with van der Waals surface area (Å²) in [6.45, 7) is 0. The second kappa shape index (κ2) is 7.70. The molecule has 148 valence electrons. The highest BCUT2D eigenvalue weighted by atomic mass is 32.1. The molecule has 0 spiro atoms. The molecular formula is C21H17BF3NO2S. The van der Waals surface area contributed by atoms with Gasteiger partial charge in [0.15, 0.2) is 0 Å². The van der Waals surface area contributed by atoms with Gasteiger partial charge in [-0.25, -0.2) is 0 Å². The lowest BCUT2D eigenvalue weighted by Crippen LogP contribution is -2.29. The maximum absolute atomic E-state index is 13.5. The number of H-pyrrole nitrogens is 1. The third kappa shape index (κ3) is 4.10. The first-order valence-corrected chi connectivity index (χ1v) is 9.88. The number of rotatable bonds is 5. The van der Waals surface area contributed by atoms with Crippen molar-refractivity contribution in [1.29, 1.82) is 0 Å². The molecule has 0 saturated carbocycles. The smallest absolute Gasteiger partial charge is 0.423 e. The second-order valence-electron chi connectivity index (χ2n) is 6.85. The quantitative estimate of drug-likeness (QED) is 0.416. The van der Waals surface area contributed by atoms with E-state index in [0.29, 0.717) is 27.0 Å². The molecule has 0 aliphatic heterocycles. The third-order valence-corrected chi connectivity index (χ3v) is 5.88. The summed E-state index contributed by atoms with van der Waals surface area (Å²) in [5.74, 6) is -0.871. The van der Waals surface area contributed by atoms with Gasteiger partial charge < -0.3 is 15.0 Å². The lowest BCUT2D eigenvalue weighted by molar-refractivity contribution is -0.136. The predicted molar refractivity (Wildman–Crippen MR) is 110 cm³/mol. The first-order valence-electron chi connectivity index (χ1n) is 9.01. The van der Waals surface area contributed by atoms with Gasteiger partial charge in [0.05, 0.1) is 12.1 Å². The lowest BCUT2D eigenvalue weighted by atomic mass is 9.79. The van der Waals surface area contributed by atoms with Crippen LogP contribution in [0.15, 0.2) is 66.0 Å². The van der Waals surface area contributed by atoms with Crippen molar-refractivity contribution < 1.29 is 23.2 Å². The zero-order valence-corrected chi connectivity index (χ0v) is 16.0. The number of nitrogens with one attached hydrogen (secondary N) is 1. The zero-order valence-electron chi connectivity index (χ0n) is 15.1. The van der Waals surface area contributed by atoms with Gasteiger partial charge in [-0.2, -0.15) is 13.2 Å². The highest BCUT2D eigenvalue weighted by Gasteiger charge is 2.36. The maximum Gasteiger partial charge on any atom is 0.488 e. The minimum atomic E-state index is -4.34. The van der Waals surface area contributed by atoms with Gasteiger partial charge in [0.1, 0.15) is 0 Å². The van der Waals surface area contributed by atoms with Gasteiger partial charge in [0.2, 0.25) is 0 Å². The normalized spacial score (nSPS) is 13.0. The van der Waals surface area contributed by atoms with Crippen molar-refractivity contribution in [2.75, 3.05) is 0 Å². The molecule has 3 nitrogen and oxygen atoms in total. The molecule has 1 unspecified atom stereocenters. The Bertz CT molecular complexity index is 1110. The molecule has 0 saturated heterocycles. The largest absolute Gasteiger partial charge is 0.488 e. The van der Waals surface area contributed by atoms with Crippen LogP contribution in [0.2, 0.25) is 0 Å². The number of aromatic amines is 1. The fraction of sp³-hybridized carbons (Fsp3) is 0.143. The lowest BCUT2D eigenvalue weighted by Gasteiger charge is -2.19. The molecule has 3 N–H and O–H groups in total. The summed E-state index contributed by atoms with van der Waals surface area (Å²) in [4.78, 5) is 3.85. The second-order valence-corrected chi connectivity index (χ2v) is 7.82. The molecule has 2 aromatic carbocycles. The van der Waals surface area contributed by atoms with Crippen molar-refractivity contribution in [3.05, 3.63) is 76.5 Å². The van der Waals surface area contributed by atoms with Gasteiger partial charge in [-0.05, 0) is 34.1 Å². The van der Waals surface area contributed by atoms with Crippen LogP contribution in [0.1, 0.15) is 22.8 Å². The third-order valence-electron chi connectivity index (χ3n) is 4.89. The highest BCUT2D eigenvalue weighted by Crippen LogP contribution is 2.44. The Morgan fingerprint density at radius 3 is 2.38 bits per heavy atom. The van der Waals surface area contributed by atoms with Gasteiger partial charge in [-0.1, -0.05) is 48.5 Å². The van der Waals surface area contributed by atoms with Crippen LogP contribution >= 0.6 is 11.3 Å². The van der Waals surface area contributed by atoms with E-state index in [4.69, 9.17) is 0 Å². The molecule has 29 heavy (non-hydrogen) atoms. The van der Waals surface area contributed by atoms with E-state index in [1.165, 1.54) is 17.4 Å². The van der Waals surface area contributed by atoms with Gasteiger partial charge in [0.25, 0.3) is 0 Å². The van der Waals surface area contributed by atoms with E-state index in [-0.39, 0.29) is 5.46 Å². The SMILES string of the molecule is OB(O)c1ccc2c(C(CC(F)(F)F)c3cccs3)c(-c3ccccc3)[nH]c2c1. The van der Waals surface area contributed by atoms with Crippen molar-refractivity contribution in [1.82, 2.24) is 4.98 Å². The van der Waals surface area contributed by atoms with Gasteiger partial charge in [0, 0.05) is 21.7 Å². The first kappa shape index (κ1) is 19.8. The summed E-state index contributed by atoms with van der Waals surface area (Å²) >= 11 is 1.30. The molecular weight excluding hydrogens is 398 g/mol. The summed E-state index contributed by atoms with van der Waals surface area (Å²) in [7, 11) is -1.66. The minimum absolute atomic E-state index is 0.272. The molecule has 0 radical (unpaired) electrons. The molecule has 0 amide bonds. The van der Waals surface area contributed by atoms with E-state index in [2.05, 4.69) is 4.98 Å². The Labute approximate surface area is 169 Å². The molecule has 4 rings (SSSR count). The average molecular weight is 415 g/mol. The van der Waals surface area contributed by atoms with Crippen LogP contribution in [0.3, 0.4) is 0 Å². The number of halogens is 3. The summed E-state index contributed by atoms with van der Waals surface area (Å²) in [5.41, 5.74) is 2.77. The fourth-order valence-corrected chi connectivity index (χ4v) is 4.49. The number of fused-ring (bicyclic) bond motifs is 1. The van der Waals surface area contributed by atoms with E-state index < -0.39 is 25.6 Å². The van der Waals surface area contributed by atoms with Gasteiger partial charge >= 0.3 is 13.3 Å². The first-order chi connectivity index (χ1) is 13.8. The number of thiophene rings is 1. The Morgan fingerprint density at radius 1 is 1.00 bits per heavy atom. The summed E-state index contributed by atoms with van der Waals surface area (Å²) < 4.78 is 40.6. The topological polar surface area (TPSA) is 56.2 Å². The number of alkyl halides is 3. The average Bonchev–Trinajstić information content (AvgIpc) is 3.33. The van der Waals surface area contributed by atoms with Crippen LogP contribution in [0, 0.1) is 0 Å². The Balaban J connectivity index is 1.99. The van der Waals surface area contributed by atoms with E-state index in [9.17, 15) is 23.2 Å². The van der Waals surface area contributed by atoms with Crippen LogP contribution in [-0.2, 0) is 0 Å². The van der Waals surface area contributed by atoms with Crippen molar-refractivity contribution >= 4 is 34.8 Å². The van der Waals surface area contributed by atoms with Crippen LogP contribution in [0.4, 0.5) is 13.2 Å². The molecule has 0 bridgehead atoms. The fourth-order valence-electron chi connectivity index (χ4n) is 3.66. The number of benzene rings is 2. The maximum atomic E-state index is 13.5. The molecule has 2 heterocycles. The van der Waals surface area contributed by atoms with E-state index in [1.54, 1.807) is 29.6 Å². The molecule has 4 aromatic rings. The Morgan fingerprint density at radius 2 is 1.76 bits per heavy atom. The van der Waals surface area contributed by atoms with Gasteiger partial charge in [-0.15, -0.1) is 11.3 Å². The summed E-state index contributed by atoms with van der Waals surface area (Å²) in [5, 5.41) is 21.4. The van der Waals surface area contributed by atoms with Crippen LogP contribution in [0.25, 0.3) is 22.2 Å². The van der Waals surface area contributed by atoms with Crippen molar-refractivity contribution in [2.24, 2.45) is 0 Å². The molecule has 0 aliphatic rings. The van der Waals surface area contributed by atoms with Crippen LogP contribution in [-0.4, -0.2) is 28.3 Å². The number of hydrogen-bond acceptors (Lipinski definition) is 3. The Hall–Kier alpha value is -2.55. The standard InChI is InChI=1S/C21H17BF3NO2S/c23-21(24,25)12-16(18-7-4-10-29-18)19-15-9-8-14(22(27)28)11-17(15)26-20(19)13-5-2-1-3-6-13/h1-11,16,26-28H,12H2. The highest BCUT2D eigenvalue weighted by molar-refractivity contribution is 7.10. The van der Waals surface area contributed by atoms with Gasteiger partial charge in [-0.3, -0.25) is 0 Å². The predicted octanol–water partition coefficient (Wildman–Crippen LogP) is 4.66. The van der Waals surface area contributed by atoms with Crippen molar-refractivity contribution in [3.63, 3.8) is 0 Å². The summed E-state index contributed by atoms with van der Waals surface area (Å²) in [6.07, 6.45) is -5.32. The van der Waals surface area contributed by atoms with E-state index in [1.807, 2.05) is 30.3 Å². The van der Waals surface area contributed by atoms with E-state index in [0.717, 1.165) is 5.56 Å². The molecule has 2 aromatic heterocycles. The van der Waals surface area contributed by atoms with E-state index >= 15 is 0 Å². The van der Waals surface area contributed by atoms with Crippen LogP contribution in [0.5, 0.6) is 0 Å². The van der Waals surface area contributed by atoms with Crippen molar-refractivity contribution in [3.8, 4) is 11.3 Å². The molecule has 0 fully saturated rings. The Kier molecular flexibility index (Phi) is 5.25. The van der Waals surface area contributed by atoms with Crippen molar-refractivity contribution in [2.45, 2.75) is 18.5 Å². The molecule has 0 aliphatic carbocycles. The number of hydrogen-bond donors (Lipinski definition) is 3. The zero-order chi connectivity index (χ0) is 20.6. The molecule has 1 atom stereocenters. The molecule has 8 heteroatoms. The van der Waals surface area contributed by atoms with Crippen LogP contribution < -0.4 is 5.46 Å². The minimum Gasteiger partial charge on any atom is -0.423 e. The summed E-state index contributed by atoms with van der Waals surface area (Å²) in [6, 6.07) is 17.4.